The number of ether oxygens (including phenoxy) is 1. The number of aromatic nitrogens is 1. The highest BCUT2D eigenvalue weighted by atomic mass is 16.6. The number of anilines is 1. The molecule has 0 saturated carbocycles. The summed E-state index contributed by atoms with van der Waals surface area (Å²) in [5, 5.41) is 0. The summed E-state index contributed by atoms with van der Waals surface area (Å²) in [6.07, 6.45) is 3.70. The number of hydrogen-bond acceptors (Lipinski definition) is 4. The molecule has 0 N–H and O–H groups in total. The maximum Gasteiger partial charge on any atom is 0.416 e. The fourth-order valence-electron chi connectivity index (χ4n) is 3.28. The molecule has 1 amide bonds. The van der Waals surface area contributed by atoms with Crippen LogP contribution >= 0.6 is 0 Å². The number of nitrogens with zero attached hydrogens (tertiary/aromatic N) is 3. The van der Waals surface area contributed by atoms with Crippen LogP contribution in [0.5, 0.6) is 0 Å². The molecule has 0 aromatic carbocycles. The number of carbonyl (C=O) groups is 1. The van der Waals surface area contributed by atoms with Crippen molar-refractivity contribution in [2.45, 2.75) is 72.1 Å². The van der Waals surface area contributed by atoms with Crippen molar-refractivity contribution in [3.05, 3.63) is 23.9 Å². The molecule has 24 heavy (non-hydrogen) atoms. The Balaban J connectivity index is 2.39. The van der Waals surface area contributed by atoms with E-state index in [0.717, 1.165) is 30.9 Å². The summed E-state index contributed by atoms with van der Waals surface area (Å²) in [6, 6.07) is 4.35. The zero-order valence-electron chi connectivity index (χ0n) is 15.9. The largest absolute Gasteiger partial charge is 0.443 e. The Morgan fingerprint density at radius 1 is 1.46 bits per heavy atom. The van der Waals surface area contributed by atoms with Gasteiger partial charge < -0.3 is 4.74 Å². The number of hydrogen-bond donors (Lipinski definition) is 0. The van der Waals surface area contributed by atoms with Gasteiger partial charge in [-0.15, -0.1) is 0 Å². The lowest BCUT2D eigenvalue weighted by atomic mass is 10.0. The van der Waals surface area contributed by atoms with Crippen LogP contribution in [0.3, 0.4) is 0 Å². The zero-order valence-corrected chi connectivity index (χ0v) is 15.9. The third-order valence-electron chi connectivity index (χ3n) is 4.28. The number of carbonyl (C=O) groups excluding carboxylic acids is 1. The molecule has 1 saturated heterocycles. The molecular weight excluding hydrogens is 302 g/mol. The molecule has 1 aliphatic heterocycles. The summed E-state index contributed by atoms with van der Waals surface area (Å²) < 4.78 is 5.62. The molecule has 2 rings (SSSR count). The van der Waals surface area contributed by atoms with Gasteiger partial charge in [0.25, 0.3) is 0 Å². The minimum Gasteiger partial charge on any atom is -0.443 e. The van der Waals surface area contributed by atoms with E-state index < -0.39 is 5.60 Å². The van der Waals surface area contributed by atoms with Crippen molar-refractivity contribution in [1.82, 2.24) is 9.88 Å². The highest BCUT2D eigenvalue weighted by Gasteiger charge is 2.33. The van der Waals surface area contributed by atoms with Crippen LogP contribution in [0.4, 0.5) is 10.6 Å². The number of pyridine rings is 1. The third kappa shape index (κ3) is 4.26. The van der Waals surface area contributed by atoms with E-state index in [4.69, 9.17) is 4.74 Å². The predicted molar refractivity (Wildman–Crippen MR) is 97.3 cm³/mol. The first-order valence-corrected chi connectivity index (χ1v) is 8.95. The Morgan fingerprint density at radius 2 is 2.17 bits per heavy atom. The van der Waals surface area contributed by atoms with Gasteiger partial charge in [0.05, 0.1) is 0 Å². The van der Waals surface area contributed by atoms with E-state index in [2.05, 4.69) is 22.9 Å². The minimum atomic E-state index is -0.526. The van der Waals surface area contributed by atoms with Crippen LogP contribution in [0.1, 0.15) is 66.0 Å². The molecule has 0 unspecified atom stereocenters. The standard InChI is InChI=1S/C19H31N3O2/c1-7-21-13-9-11-16(21)15-10-8-12-20-17(15)22(14(2)3)18(23)24-19(4,5)6/h8,10,12,14,16H,7,9,11,13H2,1-6H3/t16-/m1/s1. The van der Waals surface area contributed by atoms with Crippen molar-refractivity contribution in [2.75, 3.05) is 18.0 Å². The van der Waals surface area contributed by atoms with Crippen LogP contribution in [0.2, 0.25) is 0 Å². The van der Waals surface area contributed by atoms with Gasteiger partial charge in [-0.3, -0.25) is 9.80 Å². The molecule has 5 heteroatoms. The van der Waals surface area contributed by atoms with Gasteiger partial charge in [-0.1, -0.05) is 13.0 Å². The smallest absolute Gasteiger partial charge is 0.416 e. The summed E-state index contributed by atoms with van der Waals surface area (Å²) in [4.78, 5) is 21.5. The van der Waals surface area contributed by atoms with Crippen molar-refractivity contribution in [1.29, 1.82) is 0 Å². The van der Waals surface area contributed by atoms with Crippen molar-refractivity contribution in [3.8, 4) is 0 Å². The van der Waals surface area contributed by atoms with Crippen molar-refractivity contribution < 1.29 is 9.53 Å². The molecule has 0 bridgehead atoms. The first kappa shape index (κ1) is 18.7. The normalized spacial score (nSPS) is 18.9. The molecule has 2 heterocycles. The lowest BCUT2D eigenvalue weighted by Gasteiger charge is -2.32. The Labute approximate surface area is 146 Å². The van der Waals surface area contributed by atoms with E-state index in [-0.39, 0.29) is 12.1 Å². The molecule has 1 aromatic heterocycles. The molecule has 0 aliphatic carbocycles. The Morgan fingerprint density at radius 3 is 2.75 bits per heavy atom. The summed E-state index contributed by atoms with van der Waals surface area (Å²) in [5.74, 6) is 0.729. The number of rotatable bonds is 4. The third-order valence-corrected chi connectivity index (χ3v) is 4.28. The molecule has 5 nitrogen and oxygen atoms in total. The Bertz CT molecular complexity index is 566. The second-order valence-electron chi connectivity index (χ2n) is 7.65. The molecule has 1 aliphatic rings. The van der Waals surface area contributed by atoms with Crippen LogP contribution in [-0.4, -0.2) is 40.7 Å². The van der Waals surface area contributed by atoms with Crippen LogP contribution in [0.25, 0.3) is 0 Å². The average molecular weight is 333 g/mol. The Hall–Kier alpha value is -1.62. The summed E-state index contributed by atoms with van der Waals surface area (Å²) in [7, 11) is 0. The average Bonchev–Trinajstić information content (AvgIpc) is 2.94. The number of likely N-dealkylation sites (tertiary alicyclic amines) is 1. The fourth-order valence-corrected chi connectivity index (χ4v) is 3.28. The lowest BCUT2D eigenvalue weighted by Crippen LogP contribution is -2.42. The number of amides is 1. The molecule has 0 radical (unpaired) electrons. The van der Waals surface area contributed by atoms with E-state index >= 15 is 0 Å². The Kier molecular flexibility index (Phi) is 5.86. The van der Waals surface area contributed by atoms with Gasteiger partial charge in [-0.25, -0.2) is 9.78 Å². The first-order valence-electron chi connectivity index (χ1n) is 8.95. The maximum absolute atomic E-state index is 12.8. The van der Waals surface area contributed by atoms with Gasteiger partial charge in [0.15, 0.2) is 0 Å². The van der Waals surface area contributed by atoms with Crippen LogP contribution in [-0.2, 0) is 4.74 Å². The predicted octanol–water partition coefficient (Wildman–Crippen LogP) is 4.39. The fraction of sp³-hybridized carbons (Fsp3) is 0.684. The molecular formula is C19H31N3O2. The van der Waals surface area contributed by atoms with E-state index in [9.17, 15) is 4.79 Å². The van der Waals surface area contributed by atoms with Crippen molar-refractivity contribution in [2.24, 2.45) is 0 Å². The maximum atomic E-state index is 12.8. The minimum absolute atomic E-state index is 0.0232. The molecule has 1 aromatic rings. The second-order valence-corrected chi connectivity index (χ2v) is 7.65. The molecule has 134 valence electrons. The van der Waals surface area contributed by atoms with Crippen LogP contribution in [0.15, 0.2) is 18.3 Å². The van der Waals surface area contributed by atoms with Gasteiger partial charge in [0.2, 0.25) is 0 Å². The van der Waals surface area contributed by atoms with Crippen LogP contribution < -0.4 is 4.90 Å². The van der Waals surface area contributed by atoms with Crippen LogP contribution in [0, 0.1) is 0 Å². The molecule has 1 fully saturated rings. The summed E-state index contributed by atoms with van der Waals surface area (Å²) >= 11 is 0. The van der Waals surface area contributed by atoms with Gasteiger partial charge in [-0.05, 0) is 66.6 Å². The molecule has 1 atom stereocenters. The quantitative estimate of drug-likeness (QED) is 0.820. The van der Waals surface area contributed by atoms with E-state index in [1.54, 1.807) is 11.1 Å². The first-order chi connectivity index (χ1) is 11.2. The van der Waals surface area contributed by atoms with E-state index in [1.165, 1.54) is 6.42 Å². The van der Waals surface area contributed by atoms with E-state index in [0.29, 0.717) is 6.04 Å². The summed E-state index contributed by atoms with van der Waals surface area (Å²) in [6.45, 7) is 13.9. The lowest BCUT2D eigenvalue weighted by molar-refractivity contribution is 0.0568. The van der Waals surface area contributed by atoms with Crippen molar-refractivity contribution >= 4 is 11.9 Å². The van der Waals surface area contributed by atoms with E-state index in [1.807, 2.05) is 40.7 Å². The topological polar surface area (TPSA) is 45.7 Å². The monoisotopic (exact) mass is 333 g/mol. The van der Waals surface area contributed by atoms with Gasteiger partial charge in [0.1, 0.15) is 11.4 Å². The SMILES string of the molecule is CCN1CCC[C@@H]1c1cccnc1N(C(=O)OC(C)(C)C)C(C)C. The van der Waals surface area contributed by atoms with Gasteiger partial charge in [-0.2, -0.15) is 0 Å². The zero-order chi connectivity index (χ0) is 17.9. The second kappa shape index (κ2) is 7.51. The van der Waals surface area contributed by atoms with Gasteiger partial charge in [0, 0.05) is 23.8 Å². The highest BCUT2D eigenvalue weighted by molar-refractivity contribution is 5.88. The summed E-state index contributed by atoms with van der Waals surface area (Å²) in [5.41, 5.74) is 0.596. The highest BCUT2D eigenvalue weighted by Crippen LogP contribution is 2.36. The van der Waals surface area contributed by atoms with Crippen molar-refractivity contribution in [3.63, 3.8) is 0 Å². The molecule has 0 spiro atoms. The van der Waals surface area contributed by atoms with Gasteiger partial charge >= 0.3 is 6.09 Å².